The molecule has 0 spiro atoms. The highest BCUT2D eigenvalue weighted by atomic mass is 16.5. The molecule has 0 bridgehead atoms. The molecule has 0 aromatic heterocycles. The first kappa shape index (κ1) is 15.2. The van der Waals surface area contributed by atoms with Crippen molar-refractivity contribution >= 4 is 11.7 Å². The molecule has 0 aliphatic heterocycles. The van der Waals surface area contributed by atoms with E-state index in [1.54, 1.807) is 11.0 Å². The average Bonchev–Trinajstić information content (AvgIpc) is 2.36. The number of ketones is 1. The van der Waals surface area contributed by atoms with Gasteiger partial charge in [0.25, 0.3) is 0 Å². The normalized spacial score (nSPS) is 10.5. The van der Waals surface area contributed by atoms with E-state index in [4.69, 9.17) is 10.5 Å². The quantitative estimate of drug-likeness (QED) is 0.745. The van der Waals surface area contributed by atoms with Gasteiger partial charge in [-0.2, -0.15) is 0 Å². The van der Waals surface area contributed by atoms with Crippen LogP contribution in [0.25, 0.3) is 0 Å². The number of primary amides is 1. The maximum absolute atomic E-state index is 12.2. The first-order valence-electron chi connectivity index (χ1n) is 6.16. The van der Waals surface area contributed by atoms with Crippen LogP contribution in [0.5, 0.6) is 5.75 Å². The molecular formula is C14H20N2O3. The van der Waals surface area contributed by atoms with Crippen molar-refractivity contribution < 1.29 is 14.3 Å². The molecule has 0 fully saturated rings. The van der Waals surface area contributed by atoms with Gasteiger partial charge in [0.15, 0.2) is 5.78 Å². The van der Waals surface area contributed by atoms with Gasteiger partial charge in [-0.05, 0) is 31.2 Å². The molecular weight excluding hydrogens is 244 g/mol. The third-order valence-electron chi connectivity index (χ3n) is 2.85. The van der Waals surface area contributed by atoms with Gasteiger partial charge in [-0.1, -0.05) is 13.0 Å². The molecule has 1 amide bonds. The summed E-state index contributed by atoms with van der Waals surface area (Å²) in [7, 11) is 1.53. The van der Waals surface area contributed by atoms with E-state index >= 15 is 0 Å². The summed E-state index contributed by atoms with van der Waals surface area (Å²) in [5.41, 5.74) is 6.69. The lowest BCUT2D eigenvalue weighted by molar-refractivity contribution is -0.118. The average molecular weight is 264 g/mol. The lowest BCUT2D eigenvalue weighted by atomic mass is 10.1. The second-order valence-corrected chi connectivity index (χ2v) is 4.40. The van der Waals surface area contributed by atoms with Crippen molar-refractivity contribution in [2.45, 2.75) is 13.8 Å². The fraction of sp³-hybridized carbons (Fsp3) is 0.429. The molecule has 0 radical (unpaired) electrons. The molecule has 0 aliphatic rings. The standard InChI is InChI=1S/C14H20N2O3/c1-4-16(9-14(15)18)8-12(17)11-6-5-10(2)7-13(11)19-3/h5-7H,4,8-9H2,1-3H3,(H2,15,18). The van der Waals surface area contributed by atoms with Crippen molar-refractivity contribution in [3.8, 4) is 5.75 Å². The van der Waals surface area contributed by atoms with Gasteiger partial charge in [0.1, 0.15) is 5.75 Å². The Labute approximate surface area is 113 Å². The van der Waals surface area contributed by atoms with Gasteiger partial charge >= 0.3 is 0 Å². The molecule has 0 atom stereocenters. The fourth-order valence-electron chi connectivity index (χ4n) is 1.82. The van der Waals surface area contributed by atoms with Crippen LogP contribution in [0.1, 0.15) is 22.8 Å². The summed E-state index contributed by atoms with van der Waals surface area (Å²) < 4.78 is 5.21. The molecule has 0 aliphatic carbocycles. The van der Waals surface area contributed by atoms with Gasteiger partial charge in [0, 0.05) is 0 Å². The summed E-state index contributed by atoms with van der Waals surface area (Å²) in [6.45, 7) is 4.63. The third kappa shape index (κ3) is 4.37. The van der Waals surface area contributed by atoms with Crippen LogP contribution in [-0.2, 0) is 4.79 Å². The predicted octanol–water partition coefficient (Wildman–Crippen LogP) is 0.994. The van der Waals surface area contributed by atoms with Crippen LogP contribution in [0.2, 0.25) is 0 Å². The number of methoxy groups -OCH3 is 1. The van der Waals surface area contributed by atoms with Crippen LogP contribution < -0.4 is 10.5 Å². The number of carbonyl (C=O) groups is 2. The Hall–Kier alpha value is -1.88. The lowest BCUT2D eigenvalue weighted by Crippen LogP contribution is -2.37. The zero-order valence-electron chi connectivity index (χ0n) is 11.6. The van der Waals surface area contributed by atoms with Gasteiger partial charge in [0.05, 0.1) is 25.8 Å². The summed E-state index contributed by atoms with van der Waals surface area (Å²) in [4.78, 5) is 24.8. The first-order valence-corrected chi connectivity index (χ1v) is 6.16. The van der Waals surface area contributed by atoms with Crippen molar-refractivity contribution in [1.29, 1.82) is 0 Å². The highest BCUT2D eigenvalue weighted by Crippen LogP contribution is 2.20. The molecule has 0 heterocycles. The number of rotatable bonds is 7. The summed E-state index contributed by atoms with van der Waals surface area (Å²) in [6, 6.07) is 5.42. The number of hydrogen-bond acceptors (Lipinski definition) is 4. The minimum Gasteiger partial charge on any atom is -0.496 e. The summed E-state index contributed by atoms with van der Waals surface area (Å²) >= 11 is 0. The molecule has 5 nitrogen and oxygen atoms in total. The van der Waals surface area contributed by atoms with Crippen molar-refractivity contribution in [2.75, 3.05) is 26.7 Å². The van der Waals surface area contributed by atoms with Gasteiger partial charge in [-0.15, -0.1) is 0 Å². The highest BCUT2D eigenvalue weighted by Gasteiger charge is 2.16. The number of nitrogens with two attached hydrogens (primary N) is 1. The van der Waals surface area contributed by atoms with E-state index in [-0.39, 0.29) is 18.9 Å². The second kappa shape index (κ2) is 6.89. The van der Waals surface area contributed by atoms with Crippen molar-refractivity contribution in [2.24, 2.45) is 5.73 Å². The largest absolute Gasteiger partial charge is 0.496 e. The lowest BCUT2D eigenvalue weighted by Gasteiger charge is -2.18. The number of benzene rings is 1. The number of aryl methyl sites for hydroxylation is 1. The van der Waals surface area contributed by atoms with Crippen LogP contribution in [0, 0.1) is 6.92 Å². The number of ether oxygens (including phenoxy) is 1. The Bertz CT molecular complexity index is 472. The Kier molecular flexibility index (Phi) is 5.51. The monoisotopic (exact) mass is 264 g/mol. The fourth-order valence-corrected chi connectivity index (χ4v) is 1.82. The zero-order valence-corrected chi connectivity index (χ0v) is 11.6. The molecule has 1 aromatic carbocycles. The number of amides is 1. The second-order valence-electron chi connectivity index (χ2n) is 4.40. The van der Waals surface area contributed by atoms with Crippen molar-refractivity contribution in [3.63, 3.8) is 0 Å². The number of Topliss-reactive ketones (excluding diaryl/α,β-unsaturated/α-hetero) is 1. The van der Waals surface area contributed by atoms with Crippen molar-refractivity contribution in [3.05, 3.63) is 29.3 Å². The highest BCUT2D eigenvalue weighted by molar-refractivity contribution is 6.00. The van der Waals surface area contributed by atoms with Crippen LogP contribution in [0.15, 0.2) is 18.2 Å². The molecule has 0 unspecified atom stereocenters. The molecule has 0 saturated carbocycles. The zero-order chi connectivity index (χ0) is 14.4. The maximum atomic E-state index is 12.2. The molecule has 1 rings (SSSR count). The smallest absolute Gasteiger partial charge is 0.231 e. The van der Waals surface area contributed by atoms with E-state index in [0.29, 0.717) is 17.9 Å². The predicted molar refractivity (Wildman–Crippen MR) is 73.4 cm³/mol. The molecule has 0 saturated heterocycles. The SMILES string of the molecule is CCN(CC(N)=O)CC(=O)c1ccc(C)cc1OC. The van der Waals surface area contributed by atoms with Gasteiger partial charge in [-0.25, -0.2) is 0 Å². The number of nitrogens with zero attached hydrogens (tertiary/aromatic N) is 1. The van der Waals surface area contributed by atoms with E-state index in [1.165, 1.54) is 7.11 Å². The van der Waals surface area contributed by atoms with Crippen molar-refractivity contribution in [1.82, 2.24) is 4.90 Å². The van der Waals surface area contributed by atoms with E-state index < -0.39 is 5.91 Å². The minimum absolute atomic E-state index is 0.0798. The number of carbonyl (C=O) groups excluding carboxylic acids is 2. The van der Waals surface area contributed by atoms with E-state index in [9.17, 15) is 9.59 Å². The van der Waals surface area contributed by atoms with Crippen LogP contribution in [-0.4, -0.2) is 43.3 Å². The summed E-state index contributed by atoms with van der Waals surface area (Å²) in [5.74, 6) is 0.0330. The van der Waals surface area contributed by atoms with Gasteiger partial charge in [-0.3, -0.25) is 14.5 Å². The van der Waals surface area contributed by atoms with Crippen LogP contribution >= 0.6 is 0 Å². The van der Waals surface area contributed by atoms with E-state index in [0.717, 1.165) is 5.56 Å². The summed E-state index contributed by atoms with van der Waals surface area (Å²) in [5, 5.41) is 0. The topological polar surface area (TPSA) is 72.6 Å². The Morgan fingerprint density at radius 1 is 1.32 bits per heavy atom. The Balaban J connectivity index is 2.85. The molecule has 2 N–H and O–H groups in total. The van der Waals surface area contributed by atoms with Crippen LogP contribution in [0.4, 0.5) is 0 Å². The minimum atomic E-state index is -0.439. The molecule has 1 aromatic rings. The molecule has 5 heteroatoms. The van der Waals surface area contributed by atoms with Gasteiger partial charge in [0.2, 0.25) is 5.91 Å². The molecule has 104 valence electrons. The van der Waals surface area contributed by atoms with E-state index in [2.05, 4.69) is 0 Å². The Morgan fingerprint density at radius 2 is 2.00 bits per heavy atom. The third-order valence-corrected chi connectivity index (χ3v) is 2.85. The van der Waals surface area contributed by atoms with E-state index in [1.807, 2.05) is 26.0 Å². The van der Waals surface area contributed by atoms with Crippen LogP contribution in [0.3, 0.4) is 0 Å². The first-order chi connectivity index (χ1) is 8.97. The van der Waals surface area contributed by atoms with Gasteiger partial charge < -0.3 is 10.5 Å². The molecule has 19 heavy (non-hydrogen) atoms. The maximum Gasteiger partial charge on any atom is 0.231 e. The summed E-state index contributed by atoms with van der Waals surface area (Å²) in [6.07, 6.45) is 0. The number of hydrogen-bond donors (Lipinski definition) is 1. The Morgan fingerprint density at radius 3 is 2.53 bits per heavy atom. The number of likely N-dealkylation sites (N-methyl/N-ethyl adjacent to an activating group) is 1.